The Morgan fingerprint density at radius 3 is 2.09 bits per heavy atom. The predicted molar refractivity (Wildman–Crippen MR) is 30.6 cm³/mol. The van der Waals surface area contributed by atoms with Crippen molar-refractivity contribution in [3.63, 3.8) is 0 Å². The molecule has 0 radical (unpaired) electrons. The molecular formula is C5H4F3NO2. The molecule has 0 rings (SSSR count). The summed E-state index contributed by atoms with van der Waals surface area (Å²) in [4.78, 5) is 9.68. The molecule has 0 aromatic rings. The lowest BCUT2D eigenvalue weighted by atomic mass is 10.3. The summed E-state index contributed by atoms with van der Waals surface area (Å²) in [5, 5.41) is 14.1. The molecule has 0 bridgehead atoms. The van der Waals surface area contributed by atoms with Gasteiger partial charge in [-0.1, -0.05) is 0 Å². The highest BCUT2D eigenvalue weighted by Gasteiger charge is 2.32. The maximum absolute atomic E-state index is 11.4. The molecular weight excluding hydrogens is 163 g/mol. The third-order valence-corrected chi connectivity index (χ3v) is 0.698. The minimum absolute atomic E-state index is 0.183. The standard InChI is InChI=1S/C5H4F3NO2/c6-5(7,8)3(9)1-2-4(10)11/h1-2,9H,(H,10,11). The Kier molecular flexibility index (Phi) is 2.79. The Balaban J connectivity index is 4.20. The Morgan fingerprint density at radius 1 is 1.36 bits per heavy atom. The largest absolute Gasteiger partial charge is 0.478 e. The average molecular weight is 167 g/mol. The average Bonchev–Trinajstić information content (AvgIpc) is 1.80. The fraction of sp³-hybridized carbons (Fsp3) is 0.200. The van der Waals surface area contributed by atoms with Gasteiger partial charge in [-0.15, -0.1) is 0 Å². The summed E-state index contributed by atoms with van der Waals surface area (Å²) in [7, 11) is 0. The minimum Gasteiger partial charge on any atom is -0.478 e. The third-order valence-electron chi connectivity index (χ3n) is 0.698. The lowest BCUT2D eigenvalue weighted by Crippen LogP contribution is -2.19. The van der Waals surface area contributed by atoms with Crippen molar-refractivity contribution in [2.75, 3.05) is 0 Å². The molecule has 0 aliphatic rings. The molecule has 0 aromatic carbocycles. The van der Waals surface area contributed by atoms with Crippen LogP contribution < -0.4 is 0 Å². The van der Waals surface area contributed by atoms with E-state index in [0.29, 0.717) is 0 Å². The van der Waals surface area contributed by atoms with Crippen LogP contribution in [-0.4, -0.2) is 23.0 Å². The predicted octanol–water partition coefficient (Wildman–Crippen LogP) is 1.21. The SMILES string of the molecule is N=C(C=CC(=O)O)C(F)(F)F. The third kappa shape index (κ3) is 4.12. The van der Waals surface area contributed by atoms with E-state index in [1.165, 1.54) is 0 Å². The van der Waals surface area contributed by atoms with Gasteiger partial charge < -0.3 is 5.11 Å². The molecule has 6 heteroatoms. The van der Waals surface area contributed by atoms with Crippen molar-refractivity contribution in [2.45, 2.75) is 6.18 Å². The Hall–Kier alpha value is -1.33. The number of hydrogen-bond donors (Lipinski definition) is 2. The van der Waals surface area contributed by atoms with Crippen LogP contribution in [0.2, 0.25) is 0 Å². The molecule has 0 atom stereocenters. The van der Waals surface area contributed by atoms with E-state index in [9.17, 15) is 18.0 Å². The van der Waals surface area contributed by atoms with Crippen molar-refractivity contribution in [3.8, 4) is 0 Å². The fourth-order valence-corrected chi connectivity index (χ4v) is 0.249. The first kappa shape index (κ1) is 9.67. The highest BCUT2D eigenvalue weighted by molar-refractivity contribution is 6.00. The van der Waals surface area contributed by atoms with Crippen molar-refractivity contribution in [2.24, 2.45) is 0 Å². The van der Waals surface area contributed by atoms with Crippen LogP contribution in [0.25, 0.3) is 0 Å². The molecule has 0 fully saturated rings. The van der Waals surface area contributed by atoms with Crippen LogP contribution in [0, 0.1) is 5.41 Å². The van der Waals surface area contributed by atoms with E-state index in [1.807, 2.05) is 0 Å². The number of allylic oxidation sites excluding steroid dienone is 1. The molecule has 11 heavy (non-hydrogen) atoms. The summed E-state index contributed by atoms with van der Waals surface area (Å²) in [6.45, 7) is 0. The number of halogens is 3. The number of aliphatic carboxylic acids is 1. The van der Waals surface area contributed by atoms with Crippen molar-refractivity contribution in [1.82, 2.24) is 0 Å². The van der Waals surface area contributed by atoms with Gasteiger partial charge in [-0.3, -0.25) is 5.41 Å². The quantitative estimate of drug-likeness (QED) is 0.479. The van der Waals surface area contributed by atoms with Crippen LogP contribution in [0.4, 0.5) is 13.2 Å². The molecule has 0 amide bonds. The second kappa shape index (κ2) is 3.18. The second-order valence-electron chi connectivity index (χ2n) is 1.58. The zero-order valence-electron chi connectivity index (χ0n) is 5.14. The summed E-state index contributed by atoms with van der Waals surface area (Å²) in [5.41, 5.74) is -1.68. The maximum atomic E-state index is 11.4. The summed E-state index contributed by atoms with van der Waals surface area (Å²) in [6.07, 6.45) is -4.33. The zero-order chi connectivity index (χ0) is 9.07. The van der Waals surface area contributed by atoms with Gasteiger partial charge in [-0.2, -0.15) is 13.2 Å². The van der Waals surface area contributed by atoms with E-state index in [4.69, 9.17) is 10.5 Å². The summed E-state index contributed by atoms with van der Waals surface area (Å²) in [5.74, 6) is -1.51. The molecule has 0 aliphatic heterocycles. The minimum atomic E-state index is -4.77. The number of carboxylic acid groups (broad SMARTS) is 1. The van der Waals surface area contributed by atoms with Gasteiger partial charge in [0.15, 0.2) is 0 Å². The van der Waals surface area contributed by atoms with Crippen molar-refractivity contribution >= 4 is 11.7 Å². The molecule has 3 nitrogen and oxygen atoms in total. The highest BCUT2D eigenvalue weighted by atomic mass is 19.4. The normalized spacial score (nSPS) is 11.9. The van der Waals surface area contributed by atoms with Crippen LogP contribution in [0.5, 0.6) is 0 Å². The Labute approximate surface area is 59.6 Å². The van der Waals surface area contributed by atoms with Gasteiger partial charge in [0.25, 0.3) is 0 Å². The molecule has 0 saturated carbocycles. The van der Waals surface area contributed by atoms with Crippen LogP contribution >= 0.6 is 0 Å². The van der Waals surface area contributed by atoms with Gasteiger partial charge in [0.1, 0.15) is 5.71 Å². The van der Waals surface area contributed by atoms with Gasteiger partial charge in [0.2, 0.25) is 0 Å². The van der Waals surface area contributed by atoms with Gasteiger partial charge in [-0.05, 0) is 6.08 Å². The van der Waals surface area contributed by atoms with E-state index in [1.54, 1.807) is 0 Å². The van der Waals surface area contributed by atoms with Crippen molar-refractivity contribution in [3.05, 3.63) is 12.2 Å². The number of nitrogens with one attached hydrogen (secondary N) is 1. The fourth-order valence-electron chi connectivity index (χ4n) is 0.249. The first-order valence-corrected chi connectivity index (χ1v) is 2.41. The molecule has 2 N–H and O–H groups in total. The summed E-state index contributed by atoms with van der Waals surface area (Å²) >= 11 is 0. The van der Waals surface area contributed by atoms with E-state index in [2.05, 4.69) is 0 Å². The highest BCUT2D eigenvalue weighted by Crippen LogP contribution is 2.16. The number of carbonyl (C=O) groups is 1. The molecule has 0 unspecified atom stereocenters. The van der Waals surface area contributed by atoms with Crippen LogP contribution in [0.15, 0.2) is 12.2 Å². The number of alkyl halides is 3. The Bertz CT molecular complexity index is 206. The number of rotatable bonds is 2. The molecule has 0 aliphatic carbocycles. The van der Waals surface area contributed by atoms with Gasteiger partial charge >= 0.3 is 12.1 Å². The number of hydrogen-bond acceptors (Lipinski definition) is 2. The first-order valence-electron chi connectivity index (χ1n) is 2.41. The van der Waals surface area contributed by atoms with Crippen LogP contribution in [0.1, 0.15) is 0 Å². The molecule has 0 spiro atoms. The monoisotopic (exact) mass is 167 g/mol. The summed E-state index contributed by atoms with van der Waals surface area (Å²) in [6, 6.07) is 0. The van der Waals surface area contributed by atoms with Crippen molar-refractivity contribution < 1.29 is 23.1 Å². The molecule has 62 valence electrons. The second-order valence-corrected chi connectivity index (χ2v) is 1.58. The molecule has 0 aromatic heterocycles. The lowest BCUT2D eigenvalue weighted by Gasteiger charge is -2.01. The first-order chi connectivity index (χ1) is 4.84. The smallest absolute Gasteiger partial charge is 0.432 e. The van der Waals surface area contributed by atoms with E-state index in [0.717, 1.165) is 0 Å². The van der Waals surface area contributed by atoms with E-state index < -0.39 is 17.9 Å². The van der Waals surface area contributed by atoms with E-state index in [-0.39, 0.29) is 12.2 Å². The summed E-state index contributed by atoms with van der Waals surface area (Å²) < 4.78 is 34.3. The Morgan fingerprint density at radius 2 is 1.82 bits per heavy atom. The lowest BCUT2D eigenvalue weighted by molar-refractivity contribution is -0.131. The zero-order valence-corrected chi connectivity index (χ0v) is 5.14. The van der Waals surface area contributed by atoms with Crippen LogP contribution in [-0.2, 0) is 4.79 Å². The van der Waals surface area contributed by atoms with Crippen molar-refractivity contribution in [1.29, 1.82) is 5.41 Å². The van der Waals surface area contributed by atoms with Crippen LogP contribution in [0.3, 0.4) is 0 Å². The number of carboxylic acids is 1. The molecule has 0 saturated heterocycles. The van der Waals surface area contributed by atoms with E-state index >= 15 is 0 Å². The van der Waals surface area contributed by atoms with Gasteiger partial charge in [0.05, 0.1) is 0 Å². The van der Waals surface area contributed by atoms with Gasteiger partial charge in [0, 0.05) is 6.08 Å². The van der Waals surface area contributed by atoms with Gasteiger partial charge in [-0.25, -0.2) is 4.79 Å². The topological polar surface area (TPSA) is 61.2 Å². The maximum Gasteiger partial charge on any atom is 0.432 e. The molecule has 0 heterocycles.